The van der Waals surface area contributed by atoms with Gasteiger partial charge in [-0.3, -0.25) is 0 Å². The van der Waals surface area contributed by atoms with Gasteiger partial charge in [-0.15, -0.1) is 0 Å². The van der Waals surface area contributed by atoms with E-state index in [0.717, 1.165) is 5.69 Å². The minimum atomic E-state index is -0.266. The lowest BCUT2D eigenvalue weighted by molar-refractivity contribution is 0.621. The van der Waals surface area contributed by atoms with Gasteiger partial charge in [0, 0.05) is 11.8 Å². The number of hydrogen-bond acceptors (Lipinski definition) is 2. The standard InChI is InChI=1S/C15H16FIN2/c1-9(2)10-4-3-5-11(6-10)19-15-7-12(16)13(17)8-14(15)18/h3-9,19H,18H2,1-2H3. The maximum absolute atomic E-state index is 13.6. The fraction of sp³-hybridized carbons (Fsp3) is 0.200. The molecule has 19 heavy (non-hydrogen) atoms. The molecule has 0 aliphatic carbocycles. The molecule has 4 heteroatoms. The van der Waals surface area contributed by atoms with Crippen LogP contribution in [0.1, 0.15) is 25.3 Å². The number of nitrogens with one attached hydrogen (secondary N) is 1. The first kappa shape index (κ1) is 14.1. The van der Waals surface area contributed by atoms with Crippen molar-refractivity contribution in [1.29, 1.82) is 0 Å². The molecule has 2 rings (SSSR count). The largest absolute Gasteiger partial charge is 0.397 e. The van der Waals surface area contributed by atoms with Gasteiger partial charge < -0.3 is 11.1 Å². The molecule has 2 aromatic carbocycles. The monoisotopic (exact) mass is 370 g/mol. The molecule has 0 bridgehead atoms. The quantitative estimate of drug-likeness (QED) is 0.597. The van der Waals surface area contributed by atoms with Crippen LogP contribution in [-0.4, -0.2) is 0 Å². The molecule has 0 saturated heterocycles. The lowest BCUT2D eigenvalue weighted by atomic mass is 10.0. The van der Waals surface area contributed by atoms with Crippen molar-refractivity contribution in [3.05, 3.63) is 51.3 Å². The summed E-state index contributed by atoms with van der Waals surface area (Å²) in [6.07, 6.45) is 0. The van der Waals surface area contributed by atoms with E-state index in [1.165, 1.54) is 11.6 Å². The van der Waals surface area contributed by atoms with Crippen LogP contribution in [0.3, 0.4) is 0 Å². The van der Waals surface area contributed by atoms with E-state index in [1.807, 2.05) is 34.7 Å². The highest BCUT2D eigenvalue weighted by atomic mass is 127. The third-order valence-corrected chi connectivity index (χ3v) is 3.75. The fourth-order valence-corrected chi connectivity index (χ4v) is 2.29. The molecule has 100 valence electrons. The van der Waals surface area contributed by atoms with Gasteiger partial charge in [-0.2, -0.15) is 0 Å². The van der Waals surface area contributed by atoms with Gasteiger partial charge in [0.1, 0.15) is 5.82 Å². The SMILES string of the molecule is CC(C)c1cccc(Nc2cc(F)c(I)cc2N)c1. The highest BCUT2D eigenvalue weighted by molar-refractivity contribution is 14.1. The number of halogens is 2. The molecule has 2 aromatic rings. The van der Waals surface area contributed by atoms with Crippen molar-refractivity contribution in [2.45, 2.75) is 19.8 Å². The van der Waals surface area contributed by atoms with E-state index in [2.05, 4.69) is 31.3 Å². The second kappa shape index (κ2) is 5.77. The third kappa shape index (κ3) is 3.37. The summed E-state index contributed by atoms with van der Waals surface area (Å²) in [6.45, 7) is 4.27. The van der Waals surface area contributed by atoms with Crippen LogP contribution in [0.4, 0.5) is 21.5 Å². The summed E-state index contributed by atoms with van der Waals surface area (Å²) >= 11 is 1.93. The van der Waals surface area contributed by atoms with Gasteiger partial charge in [-0.25, -0.2) is 4.39 Å². The molecule has 0 aromatic heterocycles. The molecule has 0 spiro atoms. The Bertz CT molecular complexity index is 597. The molecule has 0 unspecified atom stereocenters. The van der Waals surface area contributed by atoms with Crippen LogP contribution >= 0.6 is 22.6 Å². The van der Waals surface area contributed by atoms with Crippen LogP contribution in [0.2, 0.25) is 0 Å². The van der Waals surface area contributed by atoms with Gasteiger partial charge in [0.05, 0.1) is 14.9 Å². The molecule has 0 heterocycles. The summed E-state index contributed by atoms with van der Waals surface area (Å²) in [6, 6.07) is 11.1. The van der Waals surface area contributed by atoms with Gasteiger partial charge >= 0.3 is 0 Å². The van der Waals surface area contributed by atoms with Gasteiger partial charge in [-0.1, -0.05) is 26.0 Å². The first-order valence-electron chi connectivity index (χ1n) is 6.09. The van der Waals surface area contributed by atoms with E-state index in [1.54, 1.807) is 6.07 Å². The Morgan fingerprint density at radius 3 is 2.63 bits per heavy atom. The van der Waals surface area contributed by atoms with E-state index >= 15 is 0 Å². The molecule has 0 atom stereocenters. The molecule has 0 aliphatic rings. The number of nitrogens with two attached hydrogens (primary N) is 1. The van der Waals surface area contributed by atoms with E-state index in [4.69, 9.17) is 5.73 Å². The Morgan fingerprint density at radius 1 is 1.21 bits per heavy atom. The summed E-state index contributed by atoms with van der Waals surface area (Å²) in [5.74, 6) is 0.185. The van der Waals surface area contributed by atoms with Crippen LogP contribution in [0, 0.1) is 9.39 Å². The lowest BCUT2D eigenvalue weighted by Gasteiger charge is -2.12. The lowest BCUT2D eigenvalue weighted by Crippen LogP contribution is -1.99. The zero-order chi connectivity index (χ0) is 14.0. The molecule has 0 fully saturated rings. The Morgan fingerprint density at radius 2 is 1.95 bits per heavy atom. The summed E-state index contributed by atoms with van der Waals surface area (Å²) in [5.41, 5.74) is 9.19. The molecule has 0 saturated carbocycles. The highest BCUT2D eigenvalue weighted by Crippen LogP contribution is 2.28. The van der Waals surface area contributed by atoms with Gasteiger partial charge in [-0.05, 0) is 52.3 Å². The molecular weight excluding hydrogens is 354 g/mol. The van der Waals surface area contributed by atoms with Crippen LogP contribution in [0.25, 0.3) is 0 Å². The van der Waals surface area contributed by atoms with Crippen molar-refractivity contribution in [2.75, 3.05) is 11.1 Å². The topological polar surface area (TPSA) is 38.0 Å². The van der Waals surface area contributed by atoms with Crippen molar-refractivity contribution < 1.29 is 4.39 Å². The molecular formula is C15H16FIN2. The minimum Gasteiger partial charge on any atom is -0.397 e. The number of rotatable bonds is 3. The van der Waals surface area contributed by atoms with Crippen molar-refractivity contribution >= 4 is 39.7 Å². The second-order valence-electron chi connectivity index (χ2n) is 4.76. The number of anilines is 3. The average Bonchev–Trinajstić information content (AvgIpc) is 2.36. The average molecular weight is 370 g/mol. The third-order valence-electron chi connectivity index (χ3n) is 2.92. The maximum Gasteiger partial charge on any atom is 0.138 e. The Hall–Kier alpha value is -1.30. The Labute approximate surface area is 126 Å². The number of nitrogen functional groups attached to an aromatic ring is 1. The molecule has 0 aliphatic heterocycles. The molecule has 3 N–H and O–H groups in total. The van der Waals surface area contributed by atoms with Crippen LogP contribution in [-0.2, 0) is 0 Å². The summed E-state index contributed by atoms with van der Waals surface area (Å²) < 4.78 is 14.1. The first-order valence-corrected chi connectivity index (χ1v) is 7.16. The molecule has 0 radical (unpaired) electrons. The van der Waals surface area contributed by atoms with E-state index < -0.39 is 0 Å². The van der Waals surface area contributed by atoms with Crippen molar-refractivity contribution in [1.82, 2.24) is 0 Å². The first-order chi connectivity index (χ1) is 8.97. The van der Waals surface area contributed by atoms with Crippen LogP contribution < -0.4 is 11.1 Å². The Kier molecular flexibility index (Phi) is 4.29. The fourth-order valence-electron chi connectivity index (χ4n) is 1.80. The number of hydrogen-bond donors (Lipinski definition) is 2. The molecule has 2 nitrogen and oxygen atoms in total. The predicted octanol–water partition coefficient (Wildman–Crippen LogP) is 4.88. The Balaban J connectivity index is 2.31. The van der Waals surface area contributed by atoms with E-state index in [9.17, 15) is 4.39 Å². The van der Waals surface area contributed by atoms with E-state index in [-0.39, 0.29) is 5.82 Å². The minimum absolute atomic E-state index is 0.266. The van der Waals surface area contributed by atoms with Crippen molar-refractivity contribution in [3.8, 4) is 0 Å². The molecule has 0 amide bonds. The smallest absolute Gasteiger partial charge is 0.138 e. The normalized spacial score (nSPS) is 10.8. The van der Waals surface area contributed by atoms with Crippen LogP contribution in [0.5, 0.6) is 0 Å². The zero-order valence-electron chi connectivity index (χ0n) is 10.9. The maximum atomic E-state index is 13.6. The van der Waals surface area contributed by atoms with Gasteiger partial charge in [0.25, 0.3) is 0 Å². The summed E-state index contributed by atoms with van der Waals surface area (Å²) in [7, 11) is 0. The highest BCUT2D eigenvalue weighted by Gasteiger charge is 2.07. The summed E-state index contributed by atoms with van der Waals surface area (Å²) in [4.78, 5) is 0. The summed E-state index contributed by atoms with van der Waals surface area (Å²) in [5, 5.41) is 3.17. The van der Waals surface area contributed by atoms with Crippen molar-refractivity contribution in [3.63, 3.8) is 0 Å². The van der Waals surface area contributed by atoms with Crippen LogP contribution in [0.15, 0.2) is 36.4 Å². The zero-order valence-corrected chi connectivity index (χ0v) is 13.0. The van der Waals surface area contributed by atoms with E-state index in [0.29, 0.717) is 20.9 Å². The van der Waals surface area contributed by atoms with Crippen molar-refractivity contribution in [2.24, 2.45) is 0 Å². The van der Waals surface area contributed by atoms with Gasteiger partial charge in [0.2, 0.25) is 0 Å². The second-order valence-corrected chi connectivity index (χ2v) is 5.92. The van der Waals surface area contributed by atoms with Gasteiger partial charge in [0.15, 0.2) is 0 Å². The predicted molar refractivity (Wildman–Crippen MR) is 87.3 cm³/mol. The number of benzene rings is 2.